The first-order valence-corrected chi connectivity index (χ1v) is 9.72. The van der Waals surface area contributed by atoms with Gasteiger partial charge in [-0.05, 0) is 86.9 Å². The normalized spacial score (nSPS) is 53.2. The summed E-state index contributed by atoms with van der Waals surface area (Å²) in [6.45, 7) is 8.75. The molecule has 3 nitrogen and oxygen atoms in total. The lowest BCUT2D eigenvalue weighted by atomic mass is 9.40. The number of carbonyl (C=O) groups is 1. The molecule has 1 N–H and O–H groups in total. The van der Waals surface area contributed by atoms with E-state index in [9.17, 15) is 9.90 Å². The van der Waals surface area contributed by atoms with Gasteiger partial charge in [-0.2, -0.15) is 0 Å². The fourth-order valence-electron chi connectivity index (χ4n) is 7.76. The average molecular weight is 332 g/mol. The van der Waals surface area contributed by atoms with Crippen LogP contribution in [0, 0.1) is 34.0 Å². The van der Waals surface area contributed by atoms with Gasteiger partial charge >= 0.3 is 5.97 Å². The molecular weight excluding hydrogens is 300 g/mol. The van der Waals surface area contributed by atoms with E-state index in [0.29, 0.717) is 11.3 Å². The molecule has 0 aromatic carbocycles. The van der Waals surface area contributed by atoms with Crippen LogP contribution in [0.5, 0.6) is 0 Å². The number of fused-ring (bicyclic) bond motifs is 3. The van der Waals surface area contributed by atoms with Crippen LogP contribution in [-0.2, 0) is 9.53 Å². The van der Waals surface area contributed by atoms with Crippen LogP contribution >= 0.6 is 0 Å². The molecule has 0 radical (unpaired) electrons. The molecule has 3 heteroatoms. The van der Waals surface area contributed by atoms with Crippen molar-refractivity contribution in [3.05, 3.63) is 12.2 Å². The fraction of sp³-hybridized carbons (Fsp3) is 0.857. The van der Waals surface area contributed by atoms with E-state index in [1.807, 2.05) is 6.92 Å². The van der Waals surface area contributed by atoms with Crippen LogP contribution in [0.1, 0.15) is 65.2 Å². The molecule has 1 spiro atoms. The summed E-state index contributed by atoms with van der Waals surface area (Å²) in [5.41, 5.74) is 1.28. The smallest absolute Gasteiger partial charge is 0.314 e. The lowest BCUT2D eigenvalue weighted by molar-refractivity contribution is -0.206. The van der Waals surface area contributed by atoms with Crippen LogP contribution in [0.4, 0.5) is 0 Å². The number of aliphatic hydroxyl groups is 1. The molecule has 0 saturated heterocycles. The quantitative estimate of drug-likeness (QED) is 0.581. The first kappa shape index (κ1) is 16.6. The van der Waals surface area contributed by atoms with Crippen molar-refractivity contribution >= 4 is 5.97 Å². The number of allylic oxidation sites excluding steroid dienone is 1. The maximum Gasteiger partial charge on any atom is 0.314 e. The number of hydrogen-bond acceptors (Lipinski definition) is 3. The molecule has 0 aromatic heterocycles. The number of esters is 1. The Bertz CT molecular complexity index is 584. The maximum absolute atomic E-state index is 12.7. The molecular formula is C21H32O3. The lowest BCUT2D eigenvalue weighted by Crippen LogP contribution is -2.62. The highest BCUT2D eigenvalue weighted by Crippen LogP contribution is 2.72. The van der Waals surface area contributed by atoms with Gasteiger partial charge in [0.1, 0.15) is 0 Å². The van der Waals surface area contributed by atoms with Crippen molar-refractivity contribution in [2.45, 2.75) is 71.3 Å². The second-order valence-electron chi connectivity index (χ2n) is 9.65. The van der Waals surface area contributed by atoms with Gasteiger partial charge in [-0.15, -0.1) is 0 Å². The van der Waals surface area contributed by atoms with Crippen molar-refractivity contribution in [1.82, 2.24) is 0 Å². The van der Waals surface area contributed by atoms with Gasteiger partial charge in [0, 0.05) is 0 Å². The lowest BCUT2D eigenvalue weighted by Gasteiger charge is -2.64. The number of aliphatic hydroxyl groups excluding tert-OH is 1. The van der Waals surface area contributed by atoms with E-state index in [0.717, 1.165) is 25.2 Å². The zero-order chi connectivity index (χ0) is 17.3. The Kier molecular flexibility index (Phi) is 3.53. The first-order chi connectivity index (χ1) is 11.3. The Labute approximate surface area is 145 Å². The average Bonchev–Trinajstić information content (AvgIpc) is 2.79. The van der Waals surface area contributed by atoms with Crippen molar-refractivity contribution in [3.8, 4) is 0 Å². The van der Waals surface area contributed by atoms with Crippen LogP contribution in [0.15, 0.2) is 12.2 Å². The third-order valence-corrected chi connectivity index (χ3v) is 8.87. The zero-order valence-electron chi connectivity index (χ0n) is 15.4. The zero-order valence-corrected chi connectivity index (χ0v) is 15.4. The van der Waals surface area contributed by atoms with E-state index in [2.05, 4.69) is 13.5 Å². The van der Waals surface area contributed by atoms with Crippen LogP contribution < -0.4 is 0 Å². The molecule has 134 valence electrons. The summed E-state index contributed by atoms with van der Waals surface area (Å²) < 4.78 is 5.16. The summed E-state index contributed by atoms with van der Waals surface area (Å²) >= 11 is 0. The van der Waals surface area contributed by atoms with E-state index in [1.54, 1.807) is 0 Å². The predicted molar refractivity (Wildman–Crippen MR) is 93.2 cm³/mol. The second kappa shape index (κ2) is 5.09. The molecule has 24 heavy (non-hydrogen) atoms. The minimum Gasteiger partial charge on any atom is -0.469 e. The van der Waals surface area contributed by atoms with Crippen molar-refractivity contribution in [3.63, 3.8) is 0 Å². The van der Waals surface area contributed by atoms with Gasteiger partial charge in [0.15, 0.2) is 0 Å². The van der Waals surface area contributed by atoms with Crippen molar-refractivity contribution in [2.24, 2.45) is 34.0 Å². The minimum atomic E-state index is -0.754. The number of carbonyl (C=O) groups excluding carboxylic acids is 1. The van der Waals surface area contributed by atoms with E-state index >= 15 is 0 Å². The van der Waals surface area contributed by atoms with Crippen LogP contribution in [0.2, 0.25) is 0 Å². The largest absolute Gasteiger partial charge is 0.469 e. The van der Waals surface area contributed by atoms with Gasteiger partial charge in [-0.25, -0.2) is 0 Å². The molecule has 0 amide bonds. The Hall–Kier alpha value is -0.830. The molecule has 4 rings (SSSR count). The number of ether oxygens (including phenoxy) is 1. The van der Waals surface area contributed by atoms with Crippen LogP contribution in [0.3, 0.4) is 0 Å². The molecule has 4 aliphatic carbocycles. The van der Waals surface area contributed by atoms with Crippen LogP contribution in [0.25, 0.3) is 0 Å². The third kappa shape index (κ3) is 1.85. The predicted octanol–water partition coefficient (Wildman–Crippen LogP) is 4.10. The van der Waals surface area contributed by atoms with Gasteiger partial charge in [0.05, 0.1) is 18.6 Å². The Balaban J connectivity index is 1.75. The molecule has 0 aromatic rings. The van der Waals surface area contributed by atoms with E-state index in [-0.39, 0.29) is 17.3 Å². The van der Waals surface area contributed by atoms with Gasteiger partial charge in [0.2, 0.25) is 0 Å². The minimum absolute atomic E-state index is 0.135. The fourth-order valence-corrected chi connectivity index (χ4v) is 7.76. The number of rotatable bonds is 1. The summed E-state index contributed by atoms with van der Waals surface area (Å²) in [6, 6.07) is 0. The van der Waals surface area contributed by atoms with E-state index in [1.165, 1.54) is 44.8 Å². The van der Waals surface area contributed by atoms with Crippen molar-refractivity contribution < 1.29 is 14.6 Å². The number of methoxy groups -OCH3 is 1. The number of hydrogen-bond donors (Lipinski definition) is 1. The Morgan fingerprint density at radius 1 is 1.17 bits per heavy atom. The second-order valence-corrected chi connectivity index (χ2v) is 9.65. The topological polar surface area (TPSA) is 46.5 Å². The monoisotopic (exact) mass is 332 g/mol. The van der Waals surface area contributed by atoms with Gasteiger partial charge in [-0.3, -0.25) is 4.79 Å². The molecule has 0 unspecified atom stereocenters. The molecule has 4 aliphatic rings. The highest BCUT2D eigenvalue weighted by molar-refractivity contribution is 5.78. The summed E-state index contributed by atoms with van der Waals surface area (Å²) in [5, 5.41) is 10.7. The van der Waals surface area contributed by atoms with Gasteiger partial charge in [0.25, 0.3) is 0 Å². The highest BCUT2D eigenvalue weighted by atomic mass is 16.5. The third-order valence-electron chi connectivity index (χ3n) is 8.87. The Morgan fingerprint density at radius 3 is 2.62 bits per heavy atom. The standard InChI is InChI=1S/C21H32O3/c1-13-11-21-10-7-15-19(2,16(21)6-5-14(13)12-21)9-8-17(22)20(15,3)18(23)24-4/h14-17,22H,1,5-12H2,2-4H3/t14-,15+,16+,17-,19-,20+,21-/m1/s1. The van der Waals surface area contributed by atoms with Gasteiger partial charge < -0.3 is 9.84 Å². The Morgan fingerprint density at radius 2 is 1.92 bits per heavy atom. The highest BCUT2D eigenvalue weighted by Gasteiger charge is 2.67. The molecule has 4 fully saturated rings. The van der Waals surface area contributed by atoms with E-state index in [4.69, 9.17) is 4.74 Å². The van der Waals surface area contributed by atoms with Crippen molar-refractivity contribution in [2.75, 3.05) is 7.11 Å². The molecule has 0 heterocycles. The maximum atomic E-state index is 12.7. The van der Waals surface area contributed by atoms with Gasteiger partial charge in [-0.1, -0.05) is 19.1 Å². The van der Waals surface area contributed by atoms with Crippen molar-refractivity contribution in [1.29, 1.82) is 0 Å². The summed E-state index contributed by atoms with van der Waals surface area (Å²) in [5.74, 6) is 1.41. The first-order valence-electron chi connectivity index (χ1n) is 9.72. The SMILES string of the molecule is C=C1C[C@@]23CC[C@H]4[C@@](C)(CC[C@@H](O)[C@@]4(C)C(=O)OC)[C@@H]2CC[C@@H]1C3. The molecule has 4 saturated carbocycles. The molecule has 2 bridgehead atoms. The summed E-state index contributed by atoms with van der Waals surface area (Å²) in [6.07, 6.45) is 8.45. The molecule has 7 atom stereocenters. The van der Waals surface area contributed by atoms with Crippen LogP contribution in [-0.4, -0.2) is 24.3 Å². The summed E-state index contributed by atoms with van der Waals surface area (Å²) in [4.78, 5) is 12.7. The summed E-state index contributed by atoms with van der Waals surface area (Å²) in [7, 11) is 1.46. The molecule has 0 aliphatic heterocycles. The van der Waals surface area contributed by atoms with E-state index < -0.39 is 11.5 Å².